The number of fused-ring (bicyclic) bond motifs is 1. The van der Waals surface area contributed by atoms with Crippen LogP contribution in [0.15, 0.2) is 50.4 Å². The molecule has 10 heteroatoms. The van der Waals surface area contributed by atoms with Crippen LogP contribution in [-0.4, -0.2) is 38.0 Å². The highest BCUT2D eigenvalue weighted by molar-refractivity contribution is 5.96. The number of carbonyl (C=O) groups excluding carboxylic acids is 3. The van der Waals surface area contributed by atoms with Gasteiger partial charge in [0.15, 0.2) is 6.29 Å². The van der Waals surface area contributed by atoms with Gasteiger partial charge < -0.3 is 18.3 Å². The predicted octanol–water partition coefficient (Wildman–Crippen LogP) is 3.73. The van der Waals surface area contributed by atoms with Crippen LogP contribution >= 0.6 is 0 Å². The normalized spacial score (nSPS) is 10.6. The van der Waals surface area contributed by atoms with Crippen molar-refractivity contribution in [3.63, 3.8) is 0 Å². The Labute approximate surface area is 166 Å². The van der Waals surface area contributed by atoms with Crippen LogP contribution in [0.5, 0.6) is 0 Å². The fraction of sp³-hybridized carbons (Fsp3) is 0.316. The molecular weight excluding hydrogens is 382 g/mol. The number of azide groups is 1. The largest absolute Gasteiger partial charge is 0.472 e. The summed E-state index contributed by atoms with van der Waals surface area (Å²) in [6.45, 7) is 4.00. The average Bonchev–Trinajstić information content (AvgIpc) is 3.44. The van der Waals surface area contributed by atoms with Crippen LogP contribution in [0, 0.1) is 0 Å². The Hall–Kier alpha value is -3.78. The van der Waals surface area contributed by atoms with E-state index in [9.17, 15) is 14.4 Å². The molecule has 154 valence electrons. The van der Waals surface area contributed by atoms with Crippen molar-refractivity contribution in [3.8, 4) is 0 Å². The van der Waals surface area contributed by atoms with Gasteiger partial charge in [0, 0.05) is 22.5 Å². The van der Waals surface area contributed by atoms with Crippen molar-refractivity contribution >= 4 is 24.3 Å². The summed E-state index contributed by atoms with van der Waals surface area (Å²) < 4.78 is 19.1. The monoisotopic (exact) mass is 403 g/mol. The third-order valence-electron chi connectivity index (χ3n) is 3.25. The first-order chi connectivity index (χ1) is 14.0. The van der Waals surface area contributed by atoms with E-state index in [1.54, 1.807) is 26.2 Å². The molecule has 0 saturated carbocycles. The second-order valence-corrected chi connectivity index (χ2v) is 5.23. The second-order valence-electron chi connectivity index (χ2n) is 5.23. The zero-order chi connectivity index (χ0) is 21.5. The van der Waals surface area contributed by atoms with E-state index < -0.39 is 5.97 Å². The smallest absolute Gasteiger partial charge is 0.334 e. The Kier molecular flexibility index (Phi) is 10.7. The van der Waals surface area contributed by atoms with Gasteiger partial charge in [-0.2, -0.15) is 0 Å². The van der Waals surface area contributed by atoms with E-state index in [0.29, 0.717) is 30.8 Å². The van der Waals surface area contributed by atoms with Gasteiger partial charge in [0.05, 0.1) is 31.3 Å². The number of hydrogen-bond acceptors (Lipinski definition) is 8. The van der Waals surface area contributed by atoms with E-state index in [1.807, 2.05) is 12.1 Å². The van der Waals surface area contributed by atoms with Crippen molar-refractivity contribution in [2.24, 2.45) is 5.11 Å². The maximum atomic E-state index is 11.3. The van der Waals surface area contributed by atoms with Gasteiger partial charge in [-0.05, 0) is 37.6 Å². The molecular formula is C19H21N3O7. The molecule has 3 rings (SSSR count). The summed E-state index contributed by atoms with van der Waals surface area (Å²) in [5.74, 6) is 0.118. The first-order valence-electron chi connectivity index (χ1n) is 8.63. The molecule has 0 saturated heterocycles. The van der Waals surface area contributed by atoms with E-state index >= 15 is 0 Å². The third kappa shape index (κ3) is 8.63. The van der Waals surface area contributed by atoms with Gasteiger partial charge in [0.1, 0.15) is 18.6 Å². The molecule has 2 aromatic heterocycles. The lowest BCUT2D eigenvalue weighted by atomic mass is 10.2. The number of ether oxygens (including phenoxy) is 2. The number of hydrogen-bond donors (Lipinski definition) is 0. The van der Waals surface area contributed by atoms with E-state index in [2.05, 4.69) is 19.2 Å². The first-order valence-corrected chi connectivity index (χ1v) is 8.63. The molecule has 0 spiro atoms. The van der Waals surface area contributed by atoms with Crippen molar-refractivity contribution < 1.29 is 32.7 Å². The Morgan fingerprint density at radius 3 is 2.52 bits per heavy atom. The zero-order valence-corrected chi connectivity index (χ0v) is 16.1. The SMILES string of the molecule is CCOC(=O)C1=Cc2ccoc2C1.CCOC(=O)CN=[N+]=[N-].O=Cc1ccoc1. The summed E-state index contributed by atoms with van der Waals surface area (Å²) in [7, 11) is 0. The van der Waals surface area contributed by atoms with Crippen LogP contribution in [0.1, 0.15) is 35.5 Å². The molecule has 10 nitrogen and oxygen atoms in total. The second kappa shape index (κ2) is 13.4. The summed E-state index contributed by atoms with van der Waals surface area (Å²) in [5.41, 5.74) is 9.98. The van der Waals surface area contributed by atoms with Crippen molar-refractivity contribution in [2.45, 2.75) is 20.3 Å². The highest BCUT2D eigenvalue weighted by Crippen LogP contribution is 2.26. The van der Waals surface area contributed by atoms with Crippen LogP contribution in [-0.2, 0) is 25.5 Å². The number of rotatable bonds is 6. The molecule has 0 aromatic carbocycles. The van der Waals surface area contributed by atoms with Crippen molar-refractivity contribution in [2.75, 3.05) is 19.8 Å². The standard InChI is InChI=1S/C10H10O3.C5H4O2.C4H7N3O2/c1-2-12-10(11)8-5-7-3-4-13-9(7)6-8;6-3-5-1-2-7-4-5;1-2-9-4(8)3-6-7-5/h3-5H,2,6H2,1H3;1-4H;2-3H2,1H3. The van der Waals surface area contributed by atoms with Crippen LogP contribution in [0.3, 0.4) is 0 Å². The molecule has 0 aliphatic heterocycles. The molecule has 29 heavy (non-hydrogen) atoms. The van der Waals surface area contributed by atoms with Crippen LogP contribution in [0.2, 0.25) is 0 Å². The molecule has 0 unspecified atom stereocenters. The number of aldehydes is 1. The minimum absolute atomic E-state index is 0.218. The lowest BCUT2D eigenvalue weighted by Gasteiger charge is -2.00. The summed E-state index contributed by atoms with van der Waals surface area (Å²) >= 11 is 0. The van der Waals surface area contributed by atoms with Gasteiger partial charge >= 0.3 is 11.9 Å². The minimum Gasteiger partial charge on any atom is -0.472 e. The maximum Gasteiger partial charge on any atom is 0.334 e. The fourth-order valence-corrected chi connectivity index (χ4v) is 2.03. The predicted molar refractivity (Wildman–Crippen MR) is 102 cm³/mol. The van der Waals surface area contributed by atoms with Crippen molar-refractivity contribution in [1.29, 1.82) is 0 Å². The van der Waals surface area contributed by atoms with E-state index in [4.69, 9.17) is 14.7 Å². The van der Waals surface area contributed by atoms with Crippen LogP contribution in [0.4, 0.5) is 0 Å². The van der Waals surface area contributed by atoms with Gasteiger partial charge in [-0.15, -0.1) is 0 Å². The summed E-state index contributed by atoms with van der Waals surface area (Å²) in [6.07, 6.45) is 7.60. The molecule has 0 radical (unpaired) electrons. The molecule has 0 amide bonds. The number of furan rings is 2. The van der Waals surface area contributed by atoms with E-state index in [-0.39, 0.29) is 12.5 Å². The van der Waals surface area contributed by atoms with Gasteiger partial charge in [-0.3, -0.25) is 9.59 Å². The lowest BCUT2D eigenvalue weighted by molar-refractivity contribution is -0.141. The van der Waals surface area contributed by atoms with E-state index in [1.165, 1.54) is 12.5 Å². The van der Waals surface area contributed by atoms with Crippen LogP contribution in [0.25, 0.3) is 16.5 Å². The zero-order valence-electron chi connectivity index (χ0n) is 16.1. The fourth-order valence-electron chi connectivity index (χ4n) is 2.03. The summed E-state index contributed by atoms with van der Waals surface area (Å²) in [5, 5.41) is 3.00. The summed E-state index contributed by atoms with van der Waals surface area (Å²) in [6, 6.07) is 3.45. The Morgan fingerprint density at radius 2 is 2.00 bits per heavy atom. The van der Waals surface area contributed by atoms with Crippen molar-refractivity contribution in [1.82, 2.24) is 0 Å². The van der Waals surface area contributed by atoms with Gasteiger partial charge in [-0.1, -0.05) is 5.11 Å². The highest BCUT2D eigenvalue weighted by Gasteiger charge is 2.21. The van der Waals surface area contributed by atoms with Gasteiger partial charge in [-0.25, -0.2) is 4.79 Å². The van der Waals surface area contributed by atoms with E-state index in [0.717, 1.165) is 17.6 Å². The molecule has 0 N–H and O–H groups in total. The van der Waals surface area contributed by atoms with Crippen LogP contribution < -0.4 is 0 Å². The Morgan fingerprint density at radius 1 is 1.24 bits per heavy atom. The minimum atomic E-state index is -0.490. The Balaban J connectivity index is 0.000000231. The third-order valence-corrected chi connectivity index (χ3v) is 3.25. The van der Waals surface area contributed by atoms with Gasteiger partial charge in [0.25, 0.3) is 0 Å². The first kappa shape index (κ1) is 23.3. The maximum absolute atomic E-state index is 11.3. The van der Waals surface area contributed by atoms with Gasteiger partial charge in [0.2, 0.25) is 0 Å². The van der Waals surface area contributed by atoms with Crippen molar-refractivity contribution in [3.05, 3.63) is 63.8 Å². The topological polar surface area (TPSA) is 145 Å². The number of carbonyl (C=O) groups is 3. The molecule has 0 bridgehead atoms. The highest BCUT2D eigenvalue weighted by atomic mass is 16.5. The molecule has 1 aliphatic rings. The molecule has 0 atom stereocenters. The lowest BCUT2D eigenvalue weighted by Crippen LogP contribution is -2.07. The Bertz CT molecular complexity index is 862. The average molecular weight is 403 g/mol. The number of nitrogens with zero attached hydrogens (tertiary/aromatic N) is 3. The molecule has 2 heterocycles. The molecule has 0 fully saturated rings. The number of esters is 2. The summed E-state index contributed by atoms with van der Waals surface area (Å²) in [4.78, 5) is 33.8. The molecule has 2 aromatic rings. The quantitative estimate of drug-likeness (QED) is 0.235. The molecule has 1 aliphatic carbocycles.